The third-order valence-electron chi connectivity index (χ3n) is 4.78. The molecule has 0 aromatic carbocycles. The van der Waals surface area contributed by atoms with Gasteiger partial charge in [0.25, 0.3) is 0 Å². The van der Waals surface area contributed by atoms with Gasteiger partial charge in [-0.3, -0.25) is 0 Å². The summed E-state index contributed by atoms with van der Waals surface area (Å²) in [6.45, 7) is 9.75. The van der Waals surface area contributed by atoms with Crippen molar-refractivity contribution in [1.29, 1.82) is 0 Å². The molecule has 1 aliphatic heterocycles. The molecule has 3 heterocycles. The first-order valence-corrected chi connectivity index (χ1v) is 8.09. The number of fused-ring (bicyclic) bond motifs is 1. The van der Waals surface area contributed by atoms with Crippen LogP contribution in [0.2, 0.25) is 0 Å². The number of nitrogens with zero attached hydrogens (tertiary/aromatic N) is 3. The van der Waals surface area contributed by atoms with Crippen molar-refractivity contribution in [3.05, 3.63) is 18.1 Å². The molecule has 8 heteroatoms. The molecule has 24 heavy (non-hydrogen) atoms. The minimum atomic E-state index is -0.534. The van der Waals surface area contributed by atoms with E-state index < -0.39 is 24.4 Å². The standard InChI is InChI=1S/C16H24BN3O4/c1-10(21)7-12-13(22-6)9-20-14(19-12)11(8-18-20)17-23-15(2,3)16(4,5)24-17/h8-10,21H,7H2,1-6H3. The van der Waals surface area contributed by atoms with E-state index in [0.717, 1.165) is 5.46 Å². The van der Waals surface area contributed by atoms with Crippen LogP contribution < -0.4 is 10.2 Å². The monoisotopic (exact) mass is 333 g/mol. The first-order valence-electron chi connectivity index (χ1n) is 8.09. The summed E-state index contributed by atoms with van der Waals surface area (Å²) in [6.07, 6.45) is 3.34. The lowest BCUT2D eigenvalue weighted by atomic mass is 9.81. The molecule has 1 atom stereocenters. The number of aliphatic hydroxyl groups excluding tert-OH is 1. The zero-order valence-corrected chi connectivity index (χ0v) is 15.0. The molecule has 3 rings (SSSR count). The van der Waals surface area contributed by atoms with Crippen molar-refractivity contribution in [3.63, 3.8) is 0 Å². The number of aromatic nitrogens is 3. The zero-order valence-electron chi connectivity index (χ0n) is 15.0. The van der Waals surface area contributed by atoms with E-state index in [-0.39, 0.29) is 0 Å². The highest BCUT2D eigenvalue weighted by Crippen LogP contribution is 2.36. The van der Waals surface area contributed by atoms with Gasteiger partial charge in [0.05, 0.1) is 42.5 Å². The number of aliphatic hydroxyl groups is 1. The molecule has 0 saturated carbocycles. The lowest BCUT2D eigenvalue weighted by molar-refractivity contribution is 0.00578. The second-order valence-electron chi connectivity index (χ2n) is 7.27. The maximum Gasteiger partial charge on any atom is 0.500 e. The van der Waals surface area contributed by atoms with Crippen LogP contribution in [0.4, 0.5) is 0 Å². The van der Waals surface area contributed by atoms with Crippen molar-refractivity contribution >= 4 is 18.2 Å². The van der Waals surface area contributed by atoms with Crippen LogP contribution in [0, 0.1) is 0 Å². The molecule has 1 aliphatic rings. The Morgan fingerprint density at radius 3 is 2.46 bits per heavy atom. The van der Waals surface area contributed by atoms with Gasteiger partial charge in [-0.15, -0.1) is 0 Å². The smallest absolute Gasteiger partial charge is 0.493 e. The number of ether oxygens (including phenoxy) is 1. The molecule has 1 fully saturated rings. The molecule has 1 saturated heterocycles. The van der Waals surface area contributed by atoms with Gasteiger partial charge >= 0.3 is 7.12 Å². The average Bonchev–Trinajstić information content (AvgIpc) is 2.95. The van der Waals surface area contributed by atoms with Crippen molar-refractivity contribution in [2.45, 2.75) is 58.3 Å². The van der Waals surface area contributed by atoms with Crippen molar-refractivity contribution in [1.82, 2.24) is 14.6 Å². The summed E-state index contributed by atoms with van der Waals surface area (Å²) in [5, 5.41) is 14.0. The fourth-order valence-electron chi connectivity index (χ4n) is 2.68. The van der Waals surface area contributed by atoms with Crippen LogP contribution in [0.3, 0.4) is 0 Å². The summed E-state index contributed by atoms with van der Waals surface area (Å²) in [6, 6.07) is 0. The van der Waals surface area contributed by atoms with Crippen LogP contribution in [-0.2, 0) is 15.7 Å². The molecular formula is C16H24BN3O4. The molecule has 0 spiro atoms. The third kappa shape index (κ3) is 2.79. The van der Waals surface area contributed by atoms with Gasteiger partial charge in [-0.05, 0) is 34.6 Å². The molecule has 0 aliphatic carbocycles. The number of methoxy groups -OCH3 is 1. The zero-order chi connectivity index (χ0) is 17.7. The maximum atomic E-state index is 9.70. The van der Waals surface area contributed by atoms with Gasteiger partial charge in [0, 0.05) is 11.9 Å². The highest BCUT2D eigenvalue weighted by atomic mass is 16.7. The molecule has 2 aromatic rings. The summed E-state index contributed by atoms with van der Waals surface area (Å²) in [4.78, 5) is 4.64. The van der Waals surface area contributed by atoms with Gasteiger partial charge in [0.15, 0.2) is 11.4 Å². The Morgan fingerprint density at radius 1 is 1.29 bits per heavy atom. The predicted molar refractivity (Wildman–Crippen MR) is 90.6 cm³/mol. The van der Waals surface area contributed by atoms with Gasteiger partial charge in [0.1, 0.15) is 0 Å². The Bertz CT molecular complexity index is 741. The topological polar surface area (TPSA) is 78.1 Å². The van der Waals surface area contributed by atoms with E-state index in [4.69, 9.17) is 14.0 Å². The minimum Gasteiger partial charge on any atom is -0.493 e. The Labute approximate surface area is 142 Å². The predicted octanol–water partition coefficient (Wildman–Crippen LogP) is 0.960. The van der Waals surface area contributed by atoms with E-state index in [0.29, 0.717) is 23.5 Å². The average molecular weight is 333 g/mol. The Hall–Kier alpha value is -1.64. The van der Waals surface area contributed by atoms with Crippen molar-refractivity contribution in [2.75, 3.05) is 7.11 Å². The summed E-state index contributed by atoms with van der Waals surface area (Å²) < 4.78 is 19.2. The van der Waals surface area contributed by atoms with Crippen molar-refractivity contribution < 1.29 is 19.2 Å². The lowest BCUT2D eigenvalue weighted by Crippen LogP contribution is -2.41. The highest BCUT2D eigenvalue weighted by molar-refractivity contribution is 6.64. The normalized spacial score (nSPS) is 20.5. The van der Waals surface area contributed by atoms with Crippen molar-refractivity contribution in [2.24, 2.45) is 0 Å². The SMILES string of the molecule is COc1cn2ncc(B3OC(C)(C)C(C)(C)O3)c2nc1CC(C)O. The quantitative estimate of drug-likeness (QED) is 0.840. The summed E-state index contributed by atoms with van der Waals surface area (Å²) >= 11 is 0. The van der Waals surface area contributed by atoms with Crippen LogP contribution in [0.5, 0.6) is 5.75 Å². The lowest BCUT2D eigenvalue weighted by Gasteiger charge is -2.32. The van der Waals surface area contributed by atoms with Crippen LogP contribution in [0.15, 0.2) is 12.4 Å². The molecule has 0 bridgehead atoms. The van der Waals surface area contributed by atoms with E-state index in [1.165, 1.54) is 0 Å². The van der Waals surface area contributed by atoms with Gasteiger partial charge in [-0.2, -0.15) is 5.10 Å². The summed E-state index contributed by atoms with van der Waals surface area (Å²) in [5.74, 6) is 0.590. The van der Waals surface area contributed by atoms with Crippen LogP contribution in [-0.4, -0.2) is 51.2 Å². The van der Waals surface area contributed by atoms with E-state index in [9.17, 15) is 5.11 Å². The van der Waals surface area contributed by atoms with E-state index >= 15 is 0 Å². The van der Waals surface area contributed by atoms with Crippen molar-refractivity contribution in [3.8, 4) is 5.75 Å². The maximum absolute atomic E-state index is 9.70. The molecule has 2 aromatic heterocycles. The number of hydrogen-bond donors (Lipinski definition) is 1. The highest BCUT2D eigenvalue weighted by Gasteiger charge is 2.52. The molecule has 1 unspecified atom stereocenters. The fraction of sp³-hybridized carbons (Fsp3) is 0.625. The van der Waals surface area contributed by atoms with Crippen LogP contribution >= 0.6 is 0 Å². The fourth-order valence-corrected chi connectivity index (χ4v) is 2.68. The molecule has 1 N–H and O–H groups in total. The van der Waals surface area contributed by atoms with E-state index in [1.54, 1.807) is 30.9 Å². The van der Waals surface area contributed by atoms with Crippen LogP contribution in [0.1, 0.15) is 40.3 Å². The first kappa shape index (κ1) is 17.2. The second-order valence-corrected chi connectivity index (χ2v) is 7.27. The molecule has 130 valence electrons. The Balaban J connectivity index is 2.04. The second kappa shape index (κ2) is 5.72. The number of hydrogen-bond acceptors (Lipinski definition) is 6. The van der Waals surface area contributed by atoms with E-state index in [1.807, 2.05) is 27.7 Å². The van der Waals surface area contributed by atoms with E-state index in [2.05, 4.69) is 10.1 Å². The summed E-state index contributed by atoms with van der Waals surface area (Å²) in [5.41, 5.74) is 1.23. The third-order valence-corrected chi connectivity index (χ3v) is 4.78. The Kier molecular flexibility index (Phi) is 4.10. The Morgan fingerprint density at radius 2 is 1.92 bits per heavy atom. The molecule has 0 amide bonds. The summed E-state index contributed by atoms with van der Waals surface area (Å²) in [7, 11) is 1.04. The first-order chi connectivity index (χ1) is 11.1. The molecule has 7 nitrogen and oxygen atoms in total. The van der Waals surface area contributed by atoms with Gasteiger partial charge < -0.3 is 19.2 Å². The minimum absolute atomic E-state index is 0.396. The largest absolute Gasteiger partial charge is 0.500 e. The van der Waals surface area contributed by atoms with Crippen LogP contribution in [0.25, 0.3) is 5.65 Å². The molecular weight excluding hydrogens is 309 g/mol. The van der Waals surface area contributed by atoms with Gasteiger partial charge in [-0.25, -0.2) is 9.50 Å². The molecule has 0 radical (unpaired) electrons. The number of rotatable bonds is 4. The van der Waals surface area contributed by atoms with Gasteiger partial charge in [-0.1, -0.05) is 0 Å². The van der Waals surface area contributed by atoms with Gasteiger partial charge in [0.2, 0.25) is 0 Å².